The molecule has 0 radical (unpaired) electrons. The van der Waals surface area contributed by atoms with E-state index in [9.17, 15) is 0 Å². The van der Waals surface area contributed by atoms with Crippen molar-refractivity contribution >= 4 is 23.2 Å². The van der Waals surface area contributed by atoms with Gasteiger partial charge in [0.2, 0.25) is 0 Å². The number of epoxide rings is 2. The molecule has 0 saturated carbocycles. The Labute approximate surface area is 263 Å². The third-order valence-corrected chi connectivity index (χ3v) is 5.99. The average Bonchev–Trinajstić information content (AvgIpc) is 3.94. The Bertz CT molecular complexity index is 519. The molecule has 2 saturated heterocycles. The van der Waals surface area contributed by atoms with E-state index < -0.39 is 0 Å². The van der Waals surface area contributed by atoms with Crippen LogP contribution in [0.3, 0.4) is 0 Å². The molecule has 254 valence electrons. The Balaban J connectivity index is 0.000000714. The molecule has 4 unspecified atom stereocenters. The first-order valence-corrected chi connectivity index (χ1v) is 15.7. The summed E-state index contributed by atoms with van der Waals surface area (Å²) in [5.41, 5.74) is 0. The summed E-state index contributed by atoms with van der Waals surface area (Å²) in [4.78, 5) is 0. The second-order valence-electron chi connectivity index (χ2n) is 9.05. The largest absolute Gasteiger partial charge is 0.382 e. The van der Waals surface area contributed by atoms with Crippen LogP contribution in [0.5, 0.6) is 0 Å². The molecule has 12 nitrogen and oxygen atoms in total. The van der Waals surface area contributed by atoms with Gasteiger partial charge in [0.1, 0.15) is 6.10 Å². The first-order valence-electron chi connectivity index (χ1n) is 14.6. The Morgan fingerprint density at radius 3 is 1.38 bits per heavy atom. The van der Waals surface area contributed by atoms with Crippen LogP contribution in [0, 0.1) is 0 Å². The highest BCUT2D eigenvalue weighted by Gasteiger charge is 2.22. The normalized spacial score (nSPS) is 18.4. The van der Waals surface area contributed by atoms with Gasteiger partial charge in [-0.3, -0.25) is 0 Å². The van der Waals surface area contributed by atoms with Crippen LogP contribution < -0.4 is 0 Å². The predicted octanol–water partition coefficient (Wildman–Crippen LogP) is 2.44. The SMILES string of the molecule is CCC(COCCOCCOCCOC)OC(CCl)COC.COCCOCCOCCOCC1CO1.ClCC1CO1. The van der Waals surface area contributed by atoms with Gasteiger partial charge in [-0.05, 0) is 6.42 Å². The van der Waals surface area contributed by atoms with Crippen molar-refractivity contribution in [2.75, 3.05) is 145 Å². The topological polar surface area (TPSA) is 117 Å². The fourth-order valence-electron chi connectivity index (χ4n) is 2.75. The standard InChI is InChI=1S/C15H31ClO6.C10H20O5.C3H5ClO/c1-4-14(22-15(11-16)12-18-3)13-21-10-9-20-8-7-19-6-5-17-2;1-11-2-3-12-4-5-13-6-7-14-8-10-9-15-10;4-1-3-2-5-3/h14-15H,4-13H2,1-3H3;10H,2-9H2,1H3;3H,1-2H2. The smallest absolute Gasteiger partial charge is 0.104 e. The number of ether oxygens (including phenoxy) is 12. The first kappa shape index (κ1) is 42.1. The molecule has 0 bridgehead atoms. The van der Waals surface area contributed by atoms with Gasteiger partial charge in [-0.2, -0.15) is 0 Å². The lowest BCUT2D eigenvalue weighted by Crippen LogP contribution is -2.30. The molecule has 2 aliphatic heterocycles. The second-order valence-corrected chi connectivity index (χ2v) is 9.67. The minimum Gasteiger partial charge on any atom is -0.382 e. The van der Waals surface area contributed by atoms with Crippen LogP contribution in [0.2, 0.25) is 0 Å². The molecule has 42 heavy (non-hydrogen) atoms. The van der Waals surface area contributed by atoms with Gasteiger partial charge in [0.25, 0.3) is 0 Å². The summed E-state index contributed by atoms with van der Waals surface area (Å²) in [7, 11) is 4.94. The summed E-state index contributed by atoms with van der Waals surface area (Å²) < 4.78 is 62.3. The predicted molar refractivity (Wildman–Crippen MR) is 160 cm³/mol. The third-order valence-electron chi connectivity index (χ3n) is 5.30. The van der Waals surface area contributed by atoms with E-state index >= 15 is 0 Å². The highest BCUT2D eigenvalue weighted by Crippen LogP contribution is 2.09. The van der Waals surface area contributed by atoms with Crippen molar-refractivity contribution in [1.82, 2.24) is 0 Å². The van der Waals surface area contributed by atoms with Gasteiger partial charge in [0, 0.05) is 21.3 Å². The van der Waals surface area contributed by atoms with Crippen molar-refractivity contribution in [3.05, 3.63) is 0 Å². The molecule has 0 aromatic rings. The van der Waals surface area contributed by atoms with Crippen LogP contribution in [0.25, 0.3) is 0 Å². The summed E-state index contributed by atoms with van der Waals surface area (Å²) in [5, 5.41) is 0. The van der Waals surface area contributed by atoms with Crippen LogP contribution in [0.15, 0.2) is 0 Å². The van der Waals surface area contributed by atoms with E-state index in [0.29, 0.717) is 123 Å². The average molecular weight is 656 g/mol. The van der Waals surface area contributed by atoms with E-state index in [1.54, 1.807) is 21.3 Å². The number of rotatable bonds is 29. The van der Waals surface area contributed by atoms with Gasteiger partial charge >= 0.3 is 0 Å². The van der Waals surface area contributed by atoms with Gasteiger partial charge in [-0.1, -0.05) is 6.92 Å². The van der Waals surface area contributed by atoms with Crippen LogP contribution in [0.4, 0.5) is 0 Å². The van der Waals surface area contributed by atoms with Gasteiger partial charge in [0.05, 0.1) is 142 Å². The van der Waals surface area contributed by atoms with Crippen molar-refractivity contribution in [3.8, 4) is 0 Å². The van der Waals surface area contributed by atoms with Crippen LogP contribution in [0.1, 0.15) is 13.3 Å². The van der Waals surface area contributed by atoms with Gasteiger partial charge in [0.15, 0.2) is 0 Å². The monoisotopic (exact) mass is 654 g/mol. The van der Waals surface area contributed by atoms with E-state index in [1.165, 1.54) is 0 Å². The summed E-state index contributed by atoms with van der Waals surface area (Å²) >= 11 is 11.1. The number of methoxy groups -OCH3 is 3. The Morgan fingerprint density at radius 2 is 1.02 bits per heavy atom. The number of alkyl halides is 2. The first-order chi connectivity index (χ1) is 20.6. The van der Waals surface area contributed by atoms with Gasteiger partial charge in [-0.25, -0.2) is 0 Å². The van der Waals surface area contributed by atoms with Crippen LogP contribution >= 0.6 is 23.2 Å². The molecule has 2 fully saturated rings. The molecule has 0 N–H and O–H groups in total. The van der Waals surface area contributed by atoms with E-state index in [0.717, 1.165) is 19.6 Å². The molecule has 0 aromatic heterocycles. The highest BCUT2D eigenvalue weighted by molar-refractivity contribution is 6.18. The number of halogens is 2. The molecule has 0 aromatic carbocycles. The van der Waals surface area contributed by atoms with E-state index in [4.69, 9.17) is 80.0 Å². The van der Waals surface area contributed by atoms with Crippen LogP contribution in [-0.2, 0) is 56.8 Å². The van der Waals surface area contributed by atoms with Gasteiger partial charge < -0.3 is 56.8 Å². The van der Waals surface area contributed by atoms with E-state index in [-0.39, 0.29) is 12.2 Å². The Hall–Kier alpha value is 0.1000. The van der Waals surface area contributed by atoms with E-state index in [1.807, 2.05) is 0 Å². The minimum absolute atomic E-state index is 0.0243. The maximum atomic E-state index is 5.83. The molecule has 2 rings (SSSR count). The minimum atomic E-state index is -0.0966. The lowest BCUT2D eigenvalue weighted by Gasteiger charge is -2.22. The third kappa shape index (κ3) is 33.0. The lowest BCUT2D eigenvalue weighted by molar-refractivity contribution is -0.0786. The number of hydrogen-bond donors (Lipinski definition) is 0. The molecular formula is C28H56Cl2O12. The maximum absolute atomic E-state index is 5.83. The van der Waals surface area contributed by atoms with Crippen molar-refractivity contribution in [2.24, 2.45) is 0 Å². The quantitative estimate of drug-likeness (QED) is 0.0670. The number of hydrogen-bond acceptors (Lipinski definition) is 12. The summed E-state index contributed by atoms with van der Waals surface area (Å²) in [5.74, 6) is 1.08. The van der Waals surface area contributed by atoms with E-state index in [2.05, 4.69) is 6.92 Å². The summed E-state index contributed by atoms with van der Waals surface area (Å²) in [6.45, 7) is 12.6. The molecule has 0 spiro atoms. The summed E-state index contributed by atoms with van der Waals surface area (Å²) in [6.07, 6.45) is 1.53. The summed E-state index contributed by atoms with van der Waals surface area (Å²) in [6, 6.07) is 0. The van der Waals surface area contributed by atoms with Crippen LogP contribution in [-0.4, -0.2) is 170 Å². The van der Waals surface area contributed by atoms with Crippen molar-refractivity contribution in [3.63, 3.8) is 0 Å². The zero-order valence-electron chi connectivity index (χ0n) is 26.1. The molecule has 4 atom stereocenters. The molecule has 2 aliphatic rings. The van der Waals surface area contributed by atoms with Crippen molar-refractivity contribution in [2.45, 2.75) is 37.8 Å². The molecule has 14 heteroatoms. The maximum Gasteiger partial charge on any atom is 0.104 e. The zero-order chi connectivity index (χ0) is 30.9. The fraction of sp³-hybridized carbons (Fsp3) is 1.00. The molecule has 0 amide bonds. The highest BCUT2D eigenvalue weighted by atomic mass is 35.5. The Kier molecular flexibility index (Phi) is 34.1. The Morgan fingerprint density at radius 1 is 0.571 bits per heavy atom. The lowest BCUT2D eigenvalue weighted by atomic mass is 10.3. The molecular weight excluding hydrogens is 599 g/mol. The van der Waals surface area contributed by atoms with Crippen molar-refractivity contribution < 1.29 is 56.8 Å². The second kappa shape index (κ2) is 34.0. The fourth-order valence-corrected chi connectivity index (χ4v) is 3.09. The molecule has 2 heterocycles. The van der Waals surface area contributed by atoms with Crippen molar-refractivity contribution in [1.29, 1.82) is 0 Å². The molecule has 0 aliphatic carbocycles. The zero-order valence-corrected chi connectivity index (χ0v) is 27.6. The van der Waals surface area contributed by atoms with Gasteiger partial charge in [-0.15, -0.1) is 23.2 Å².